The Kier molecular flexibility index (Phi) is 6.47. The van der Waals surface area contributed by atoms with Gasteiger partial charge in [-0.3, -0.25) is 14.6 Å². The van der Waals surface area contributed by atoms with E-state index in [0.29, 0.717) is 16.7 Å². The van der Waals surface area contributed by atoms with E-state index in [1.807, 2.05) is 0 Å². The Morgan fingerprint density at radius 3 is 2.87 bits per heavy atom. The zero-order valence-electron chi connectivity index (χ0n) is 16.0. The van der Waals surface area contributed by atoms with Gasteiger partial charge in [0.15, 0.2) is 6.61 Å². The summed E-state index contributed by atoms with van der Waals surface area (Å²) >= 11 is 6.07. The van der Waals surface area contributed by atoms with Crippen LogP contribution in [0, 0.1) is 0 Å². The summed E-state index contributed by atoms with van der Waals surface area (Å²) in [7, 11) is 0. The summed E-state index contributed by atoms with van der Waals surface area (Å²) < 4.78 is 30.8. The van der Waals surface area contributed by atoms with Crippen LogP contribution in [-0.4, -0.2) is 57.5 Å². The first-order chi connectivity index (χ1) is 14.2. The Hall–Kier alpha value is -2.85. The average molecular weight is 441 g/mol. The maximum Gasteiger partial charge on any atom is 0.278 e. The van der Waals surface area contributed by atoms with Gasteiger partial charge in [0.05, 0.1) is 6.61 Å². The molecule has 0 fully saturated rings. The number of fused-ring (bicyclic) bond motifs is 1. The standard InChI is InChI=1S/C19H19ClF2N4O4/c1-19(21,22)10-30-17-14(20)6-11(7-25-17)8-26-9-13-12(18(26)29)2-3-23-15(13)16(28)24-4-5-27/h2-3,6-7,27H,4-5,8-10H2,1H3,(H,24,28). The highest BCUT2D eigenvalue weighted by Gasteiger charge is 2.32. The number of carbonyl (C=O) groups is 2. The van der Waals surface area contributed by atoms with Crippen LogP contribution >= 0.6 is 11.6 Å². The van der Waals surface area contributed by atoms with E-state index in [-0.39, 0.29) is 48.7 Å². The molecule has 30 heavy (non-hydrogen) atoms. The maximum atomic E-state index is 12.9. The summed E-state index contributed by atoms with van der Waals surface area (Å²) in [6.07, 6.45) is 2.76. The quantitative estimate of drug-likeness (QED) is 0.651. The molecule has 0 spiro atoms. The Balaban J connectivity index is 1.73. The fourth-order valence-corrected chi connectivity index (χ4v) is 3.18. The largest absolute Gasteiger partial charge is 0.470 e. The number of alkyl halides is 2. The van der Waals surface area contributed by atoms with Crippen molar-refractivity contribution in [2.75, 3.05) is 19.8 Å². The van der Waals surface area contributed by atoms with Gasteiger partial charge in [-0.1, -0.05) is 11.6 Å². The molecule has 2 aromatic heterocycles. The lowest BCUT2D eigenvalue weighted by Gasteiger charge is -2.17. The van der Waals surface area contributed by atoms with Gasteiger partial charge in [-0.05, 0) is 17.7 Å². The van der Waals surface area contributed by atoms with Crippen LogP contribution in [0.15, 0.2) is 24.5 Å². The van der Waals surface area contributed by atoms with E-state index in [1.54, 1.807) is 0 Å². The molecule has 2 amide bonds. The van der Waals surface area contributed by atoms with Gasteiger partial charge < -0.3 is 20.1 Å². The molecule has 11 heteroatoms. The van der Waals surface area contributed by atoms with Gasteiger partial charge >= 0.3 is 0 Å². The third kappa shape index (κ3) is 5.00. The van der Waals surface area contributed by atoms with E-state index in [2.05, 4.69) is 15.3 Å². The molecule has 160 valence electrons. The zero-order valence-corrected chi connectivity index (χ0v) is 16.7. The molecule has 2 aromatic rings. The van der Waals surface area contributed by atoms with Gasteiger partial charge in [-0.2, -0.15) is 0 Å². The highest BCUT2D eigenvalue weighted by molar-refractivity contribution is 6.31. The van der Waals surface area contributed by atoms with Crippen molar-refractivity contribution in [2.24, 2.45) is 0 Å². The van der Waals surface area contributed by atoms with Gasteiger partial charge in [-0.25, -0.2) is 13.8 Å². The van der Waals surface area contributed by atoms with E-state index in [1.165, 1.54) is 29.4 Å². The summed E-state index contributed by atoms with van der Waals surface area (Å²) in [5.74, 6) is -3.91. The van der Waals surface area contributed by atoms with Crippen molar-refractivity contribution < 1.29 is 28.2 Å². The molecule has 1 aliphatic heterocycles. The number of halogens is 3. The molecule has 3 rings (SSSR count). The van der Waals surface area contributed by atoms with Crippen molar-refractivity contribution in [3.05, 3.63) is 51.9 Å². The highest BCUT2D eigenvalue weighted by Crippen LogP contribution is 2.29. The molecule has 0 unspecified atom stereocenters. The van der Waals surface area contributed by atoms with Crippen LogP contribution in [0.25, 0.3) is 0 Å². The second-order valence-electron chi connectivity index (χ2n) is 6.82. The molecule has 0 aliphatic carbocycles. The first kappa shape index (κ1) is 21.8. The molecule has 0 aromatic carbocycles. The monoisotopic (exact) mass is 440 g/mol. The number of aliphatic hydroxyl groups is 1. The molecule has 1 aliphatic rings. The van der Waals surface area contributed by atoms with Crippen molar-refractivity contribution >= 4 is 23.4 Å². The summed E-state index contributed by atoms with van der Waals surface area (Å²) in [5.41, 5.74) is 1.54. The lowest BCUT2D eigenvalue weighted by atomic mass is 10.1. The summed E-state index contributed by atoms with van der Waals surface area (Å²) in [4.78, 5) is 34.5. The number of aromatic nitrogens is 2. The van der Waals surface area contributed by atoms with Gasteiger partial charge in [0, 0.05) is 50.1 Å². The lowest BCUT2D eigenvalue weighted by molar-refractivity contribution is -0.0242. The number of amides is 2. The van der Waals surface area contributed by atoms with Crippen molar-refractivity contribution in [2.45, 2.75) is 25.9 Å². The second kappa shape index (κ2) is 8.88. The smallest absolute Gasteiger partial charge is 0.278 e. The minimum Gasteiger partial charge on any atom is -0.470 e. The molecule has 0 bridgehead atoms. The number of rotatable bonds is 8. The predicted octanol–water partition coefficient (Wildman–Crippen LogP) is 2.04. The van der Waals surface area contributed by atoms with E-state index in [0.717, 1.165) is 6.92 Å². The fraction of sp³-hybridized carbons (Fsp3) is 0.368. The first-order valence-electron chi connectivity index (χ1n) is 9.01. The van der Waals surface area contributed by atoms with E-state index >= 15 is 0 Å². The fourth-order valence-electron chi connectivity index (χ4n) is 2.94. The first-order valence-corrected chi connectivity index (χ1v) is 9.38. The molecule has 0 saturated heterocycles. The number of hydrogen-bond acceptors (Lipinski definition) is 6. The van der Waals surface area contributed by atoms with Gasteiger partial charge in [-0.15, -0.1) is 0 Å². The zero-order chi connectivity index (χ0) is 21.9. The Labute approximate surface area is 175 Å². The molecule has 0 saturated carbocycles. The number of carbonyl (C=O) groups excluding carboxylic acids is 2. The van der Waals surface area contributed by atoms with Crippen LogP contribution in [0.3, 0.4) is 0 Å². The third-order valence-electron chi connectivity index (χ3n) is 4.23. The normalized spacial score (nSPS) is 13.4. The molecule has 3 heterocycles. The molecule has 0 atom stereocenters. The number of aliphatic hydroxyl groups excluding tert-OH is 1. The van der Waals surface area contributed by atoms with Crippen LogP contribution < -0.4 is 10.1 Å². The number of nitrogens with one attached hydrogen (secondary N) is 1. The van der Waals surface area contributed by atoms with Crippen molar-refractivity contribution in [1.29, 1.82) is 0 Å². The topological polar surface area (TPSA) is 105 Å². The predicted molar refractivity (Wildman–Crippen MR) is 103 cm³/mol. The van der Waals surface area contributed by atoms with Crippen LogP contribution in [0.4, 0.5) is 8.78 Å². The van der Waals surface area contributed by atoms with Crippen molar-refractivity contribution in [3.8, 4) is 5.88 Å². The van der Waals surface area contributed by atoms with Gasteiger partial charge in [0.25, 0.3) is 17.7 Å². The Morgan fingerprint density at radius 2 is 2.20 bits per heavy atom. The Morgan fingerprint density at radius 1 is 1.43 bits per heavy atom. The van der Waals surface area contributed by atoms with Crippen LogP contribution in [-0.2, 0) is 13.1 Å². The van der Waals surface area contributed by atoms with E-state index in [9.17, 15) is 18.4 Å². The summed E-state index contributed by atoms with van der Waals surface area (Å²) in [6, 6.07) is 3.02. The highest BCUT2D eigenvalue weighted by atomic mass is 35.5. The SMILES string of the molecule is CC(F)(F)COc1ncc(CN2Cc3c(ccnc3C(=O)NCCO)C2=O)cc1Cl. The maximum absolute atomic E-state index is 12.9. The molecule has 8 nitrogen and oxygen atoms in total. The molecular weight excluding hydrogens is 422 g/mol. The number of hydrogen-bond donors (Lipinski definition) is 2. The molecular formula is C19H19ClF2N4O4. The van der Waals surface area contributed by atoms with Gasteiger partial charge in [0.2, 0.25) is 5.88 Å². The Bertz CT molecular complexity index is 968. The van der Waals surface area contributed by atoms with E-state index < -0.39 is 18.4 Å². The van der Waals surface area contributed by atoms with Crippen molar-refractivity contribution in [1.82, 2.24) is 20.2 Å². The molecule has 0 radical (unpaired) electrons. The van der Waals surface area contributed by atoms with Crippen LogP contribution in [0.5, 0.6) is 5.88 Å². The minimum absolute atomic E-state index is 0.0478. The van der Waals surface area contributed by atoms with Crippen LogP contribution in [0.2, 0.25) is 5.02 Å². The number of ether oxygens (including phenoxy) is 1. The number of nitrogens with zero attached hydrogens (tertiary/aromatic N) is 3. The number of pyridine rings is 2. The van der Waals surface area contributed by atoms with Gasteiger partial charge in [0.1, 0.15) is 10.7 Å². The van der Waals surface area contributed by atoms with Crippen LogP contribution in [0.1, 0.15) is 38.9 Å². The summed E-state index contributed by atoms with van der Waals surface area (Å²) in [5, 5.41) is 11.4. The minimum atomic E-state index is -3.02. The molecule has 2 N–H and O–H groups in total. The third-order valence-corrected chi connectivity index (χ3v) is 4.51. The van der Waals surface area contributed by atoms with Crippen molar-refractivity contribution in [3.63, 3.8) is 0 Å². The average Bonchev–Trinajstić information content (AvgIpc) is 3.00. The van der Waals surface area contributed by atoms with E-state index in [4.69, 9.17) is 21.4 Å². The summed E-state index contributed by atoms with van der Waals surface area (Å²) in [6.45, 7) is 0.0236. The second-order valence-corrected chi connectivity index (χ2v) is 7.22. The lowest BCUT2D eigenvalue weighted by Crippen LogP contribution is -2.28.